The van der Waals surface area contributed by atoms with Crippen LogP contribution < -0.4 is 20.6 Å². The fraction of sp³-hybridized carbons (Fsp3) is 0.571. The molecule has 0 aliphatic carbocycles. The standard InChI is InChI=1S/C28H38F2N5O9P/c1-16(2)42-25(38)18(4)33-45(40,44-19-10-8-17(3)9-11-19)41-15-21-23(36)28(29,30)26(43-21)35-14-12-22(32-27(35)39)31-24(37)20-7-6-13-34(20)5/h8-12,14,16,18,20-21,23,26,36H,6-7,13,15H2,1-5H3,(H,33,40)(H,31,32,37,39)/t18-,20-,21?,23+,26?,45?/m0/s1. The Morgan fingerprint density at radius 2 is 1.91 bits per heavy atom. The van der Waals surface area contributed by atoms with E-state index in [2.05, 4.69) is 15.4 Å². The van der Waals surface area contributed by atoms with Crippen molar-refractivity contribution < 1.29 is 46.6 Å². The van der Waals surface area contributed by atoms with Crippen molar-refractivity contribution in [2.45, 2.75) is 83.1 Å². The first-order valence-corrected chi connectivity index (χ1v) is 15.9. The molecule has 0 radical (unpaired) electrons. The first-order chi connectivity index (χ1) is 21.1. The number of hydrogen-bond donors (Lipinski definition) is 3. The maximum absolute atomic E-state index is 15.2. The third-order valence-corrected chi connectivity index (χ3v) is 8.89. The number of carbonyl (C=O) groups is 2. The van der Waals surface area contributed by atoms with E-state index in [9.17, 15) is 24.1 Å². The average molecular weight is 658 g/mol. The van der Waals surface area contributed by atoms with E-state index in [-0.39, 0.29) is 17.5 Å². The van der Waals surface area contributed by atoms with Gasteiger partial charge in [0.1, 0.15) is 23.7 Å². The van der Waals surface area contributed by atoms with Gasteiger partial charge in [0.15, 0.2) is 6.10 Å². The zero-order chi connectivity index (χ0) is 33.1. The molecule has 248 valence electrons. The number of aliphatic hydroxyl groups is 1. The molecule has 2 aliphatic heterocycles. The number of ether oxygens (including phenoxy) is 2. The summed E-state index contributed by atoms with van der Waals surface area (Å²) in [5.41, 5.74) is -0.296. The summed E-state index contributed by atoms with van der Waals surface area (Å²) in [6.07, 6.45) is -4.64. The van der Waals surface area contributed by atoms with E-state index in [0.717, 1.165) is 30.8 Å². The average Bonchev–Trinajstić information content (AvgIpc) is 3.48. The number of benzene rings is 1. The van der Waals surface area contributed by atoms with E-state index in [1.165, 1.54) is 19.1 Å². The summed E-state index contributed by atoms with van der Waals surface area (Å²) >= 11 is 0. The number of amides is 1. The van der Waals surface area contributed by atoms with Crippen LogP contribution in [0.5, 0.6) is 5.75 Å². The van der Waals surface area contributed by atoms with E-state index in [1.54, 1.807) is 33.0 Å². The summed E-state index contributed by atoms with van der Waals surface area (Å²) in [7, 11) is -2.69. The van der Waals surface area contributed by atoms with Gasteiger partial charge < -0.3 is 24.4 Å². The molecule has 1 amide bonds. The molecule has 2 fully saturated rings. The largest absolute Gasteiger partial charge is 0.462 e. The molecule has 3 heterocycles. The second-order valence-corrected chi connectivity index (χ2v) is 13.0. The molecule has 4 rings (SSSR count). The molecule has 1 aromatic carbocycles. The predicted molar refractivity (Wildman–Crippen MR) is 157 cm³/mol. The van der Waals surface area contributed by atoms with Crippen molar-refractivity contribution in [3.63, 3.8) is 0 Å². The van der Waals surface area contributed by atoms with Gasteiger partial charge >= 0.3 is 25.3 Å². The van der Waals surface area contributed by atoms with Gasteiger partial charge in [0.05, 0.1) is 18.8 Å². The quantitative estimate of drug-likeness (QED) is 0.226. The smallest absolute Gasteiger partial charge is 0.459 e. The van der Waals surface area contributed by atoms with Crippen molar-refractivity contribution in [2.24, 2.45) is 0 Å². The summed E-state index contributed by atoms with van der Waals surface area (Å²) in [5, 5.41) is 15.4. The molecule has 6 atom stereocenters. The van der Waals surface area contributed by atoms with Gasteiger partial charge in [-0.05, 0) is 72.3 Å². The topological polar surface area (TPSA) is 171 Å². The number of rotatable bonds is 12. The molecule has 17 heteroatoms. The third kappa shape index (κ3) is 8.31. The Bertz CT molecular complexity index is 1480. The molecule has 3 unspecified atom stereocenters. The normalized spacial score (nSPS) is 25.1. The maximum atomic E-state index is 15.2. The van der Waals surface area contributed by atoms with Crippen molar-refractivity contribution in [1.29, 1.82) is 0 Å². The lowest BCUT2D eigenvalue weighted by atomic mass is 10.1. The Morgan fingerprint density at radius 1 is 1.22 bits per heavy atom. The van der Waals surface area contributed by atoms with E-state index < -0.39 is 68.6 Å². The number of likely N-dealkylation sites (N-methyl/N-ethyl adjacent to an activating group) is 1. The van der Waals surface area contributed by atoms with Crippen molar-refractivity contribution in [2.75, 3.05) is 25.5 Å². The highest BCUT2D eigenvalue weighted by Gasteiger charge is 2.60. The predicted octanol–water partition coefficient (Wildman–Crippen LogP) is 2.61. The molecule has 2 aliphatic rings. The number of hydrogen-bond acceptors (Lipinski definition) is 11. The highest BCUT2D eigenvalue weighted by Crippen LogP contribution is 2.48. The van der Waals surface area contributed by atoms with Crippen LogP contribution in [0.2, 0.25) is 0 Å². The van der Waals surface area contributed by atoms with Gasteiger partial charge in [-0.3, -0.25) is 23.6 Å². The van der Waals surface area contributed by atoms with Gasteiger partial charge in [0, 0.05) is 6.20 Å². The SMILES string of the molecule is Cc1ccc(OP(=O)(N[C@@H](C)C(=O)OC(C)C)OCC2OC(n3ccc(NC(=O)[C@@H]4CCCN4C)nc3=O)C(F)(F)[C@@H]2O)cc1. The zero-order valence-corrected chi connectivity index (χ0v) is 26.4. The summed E-state index contributed by atoms with van der Waals surface area (Å²) < 4.78 is 66.1. The van der Waals surface area contributed by atoms with Crippen LogP contribution in [-0.2, 0) is 28.2 Å². The first-order valence-electron chi connectivity index (χ1n) is 14.4. The number of aliphatic hydroxyl groups excluding tert-OH is 1. The van der Waals surface area contributed by atoms with Crippen molar-refractivity contribution in [3.8, 4) is 5.75 Å². The van der Waals surface area contributed by atoms with E-state index in [1.807, 2.05) is 11.8 Å². The highest BCUT2D eigenvalue weighted by molar-refractivity contribution is 7.52. The van der Waals surface area contributed by atoms with Crippen molar-refractivity contribution in [3.05, 3.63) is 52.6 Å². The Kier molecular flexibility index (Phi) is 10.8. The van der Waals surface area contributed by atoms with Crippen LogP contribution in [0.25, 0.3) is 0 Å². The van der Waals surface area contributed by atoms with Gasteiger partial charge in [-0.15, -0.1) is 0 Å². The van der Waals surface area contributed by atoms with E-state index in [0.29, 0.717) is 11.0 Å². The van der Waals surface area contributed by atoms with Crippen LogP contribution in [0.3, 0.4) is 0 Å². The number of esters is 1. The third-order valence-electron chi connectivity index (χ3n) is 7.25. The lowest BCUT2D eigenvalue weighted by Crippen LogP contribution is -2.42. The first kappa shape index (κ1) is 34.6. The monoisotopic (exact) mass is 657 g/mol. The van der Waals surface area contributed by atoms with Crippen LogP contribution in [0, 0.1) is 6.92 Å². The number of carbonyl (C=O) groups excluding carboxylic acids is 2. The minimum Gasteiger partial charge on any atom is -0.462 e. The number of anilines is 1. The molecular weight excluding hydrogens is 619 g/mol. The van der Waals surface area contributed by atoms with Crippen LogP contribution in [0.4, 0.5) is 14.6 Å². The molecule has 0 spiro atoms. The second-order valence-electron chi connectivity index (χ2n) is 11.3. The summed E-state index contributed by atoms with van der Waals surface area (Å²) in [4.78, 5) is 43.2. The summed E-state index contributed by atoms with van der Waals surface area (Å²) in [5.74, 6) is -5.21. The number of alkyl halides is 2. The summed E-state index contributed by atoms with van der Waals surface area (Å²) in [6.45, 7) is 6.26. The van der Waals surface area contributed by atoms with Gasteiger partial charge in [-0.2, -0.15) is 18.9 Å². The fourth-order valence-corrected chi connectivity index (χ4v) is 6.34. The summed E-state index contributed by atoms with van der Waals surface area (Å²) in [6, 6.07) is 5.87. The number of nitrogens with zero attached hydrogens (tertiary/aromatic N) is 3. The molecule has 45 heavy (non-hydrogen) atoms. The second kappa shape index (κ2) is 14.0. The lowest BCUT2D eigenvalue weighted by Gasteiger charge is -2.25. The molecule has 0 bridgehead atoms. The minimum absolute atomic E-state index is 0.0846. The van der Waals surface area contributed by atoms with Crippen molar-refractivity contribution in [1.82, 2.24) is 19.5 Å². The van der Waals surface area contributed by atoms with Crippen LogP contribution >= 0.6 is 7.75 Å². The molecule has 2 saturated heterocycles. The van der Waals surface area contributed by atoms with E-state index >= 15 is 8.78 Å². The number of halogens is 2. The zero-order valence-electron chi connectivity index (χ0n) is 25.5. The van der Waals surface area contributed by atoms with Crippen LogP contribution in [-0.4, -0.2) is 88.0 Å². The molecule has 1 aromatic heterocycles. The fourth-order valence-electron chi connectivity index (χ4n) is 4.84. The molecule has 14 nitrogen and oxygen atoms in total. The van der Waals surface area contributed by atoms with Gasteiger partial charge in [0.25, 0.3) is 0 Å². The molecule has 0 saturated carbocycles. The van der Waals surface area contributed by atoms with Gasteiger partial charge in [-0.1, -0.05) is 17.7 Å². The highest BCUT2D eigenvalue weighted by atomic mass is 31.2. The Labute approximate surface area is 258 Å². The van der Waals surface area contributed by atoms with Gasteiger partial charge in [-0.25, -0.2) is 9.36 Å². The molecule has 2 aromatic rings. The Morgan fingerprint density at radius 3 is 2.51 bits per heavy atom. The van der Waals surface area contributed by atoms with Crippen LogP contribution in [0.1, 0.15) is 45.4 Å². The van der Waals surface area contributed by atoms with E-state index in [4.69, 9.17) is 18.5 Å². The lowest BCUT2D eigenvalue weighted by molar-refractivity contribution is -0.149. The maximum Gasteiger partial charge on any atom is 0.459 e. The number of aromatic nitrogens is 2. The minimum atomic E-state index is -4.48. The van der Waals surface area contributed by atoms with Crippen LogP contribution in [0.15, 0.2) is 41.3 Å². The number of aryl methyl sites for hydroxylation is 1. The van der Waals surface area contributed by atoms with Gasteiger partial charge in [0.2, 0.25) is 12.1 Å². The Balaban J connectivity index is 1.48. The number of likely N-dealkylation sites (tertiary alicyclic amines) is 1. The molecule has 3 N–H and O–H groups in total. The number of nitrogens with one attached hydrogen (secondary N) is 2. The van der Waals surface area contributed by atoms with Crippen molar-refractivity contribution >= 4 is 25.4 Å². The molecular formula is C28H38F2N5O9P. The Hall–Kier alpha value is -3.27.